The van der Waals surface area contributed by atoms with Crippen molar-refractivity contribution in [3.8, 4) is 0 Å². The van der Waals surface area contributed by atoms with Gasteiger partial charge >= 0.3 is 5.13 Å². The van der Waals surface area contributed by atoms with E-state index in [0.717, 1.165) is 11.7 Å². The molecule has 0 saturated heterocycles. The molecule has 1 aromatic heterocycles. The van der Waals surface area contributed by atoms with Crippen LogP contribution in [0.15, 0.2) is 11.6 Å². The lowest BCUT2D eigenvalue weighted by atomic mass is 10.7. The van der Waals surface area contributed by atoms with Crippen molar-refractivity contribution in [3.05, 3.63) is 11.6 Å². The molecule has 1 heterocycles. The third-order valence-electron chi connectivity index (χ3n) is 1.22. The number of rotatable bonds is 2. The number of aromatic nitrogens is 1. The van der Waals surface area contributed by atoms with Crippen LogP contribution in [-0.2, 0) is 0 Å². The van der Waals surface area contributed by atoms with Crippen LogP contribution in [0.3, 0.4) is 0 Å². The molecule has 1 rings (SSSR count). The fraction of sp³-hybridized carbons (Fsp3) is 0.500. The first-order valence-corrected chi connectivity index (χ1v) is 3.83. The third-order valence-corrected chi connectivity index (χ3v) is 2.11. The first kappa shape index (κ1) is 6.71. The fourth-order valence-electron chi connectivity index (χ4n) is 0.540. The minimum absolute atomic E-state index is 1.02. The second-order valence-electron chi connectivity index (χ2n) is 1.83. The van der Waals surface area contributed by atoms with Crippen molar-refractivity contribution in [1.82, 2.24) is 9.88 Å². The fourth-order valence-corrected chi connectivity index (χ4v) is 1.21. The first-order chi connectivity index (χ1) is 4.34. The number of hydrogen-bond donors (Lipinski definition) is 0. The molecule has 0 N–H and O–H groups in total. The molecular weight excluding hydrogens is 132 g/mol. The van der Waals surface area contributed by atoms with Gasteiger partial charge in [-0.05, 0) is 6.92 Å². The van der Waals surface area contributed by atoms with E-state index in [1.807, 2.05) is 18.6 Å². The van der Waals surface area contributed by atoms with Gasteiger partial charge in [-0.1, -0.05) is 11.3 Å². The minimum Gasteiger partial charge on any atom is -0.190 e. The highest BCUT2D eigenvalue weighted by Crippen LogP contribution is 2.13. The molecule has 0 aromatic carbocycles. The summed E-state index contributed by atoms with van der Waals surface area (Å²) in [5.74, 6) is 0. The highest BCUT2D eigenvalue weighted by atomic mass is 32.1. The van der Waals surface area contributed by atoms with Crippen molar-refractivity contribution >= 4 is 16.5 Å². The van der Waals surface area contributed by atoms with Crippen LogP contribution >= 0.6 is 11.3 Å². The Morgan fingerprint density at radius 3 is 3.00 bits per heavy atom. The van der Waals surface area contributed by atoms with E-state index in [2.05, 4.69) is 16.8 Å². The summed E-state index contributed by atoms with van der Waals surface area (Å²) in [5.41, 5.74) is 0. The molecule has 1 radical (unpaired) electrons. The van der Waals surface area contributed by atoms with Gasteiger partial charge in [-0.2, -0.15) is 4.98 Å². The molecule has 1 aromatic rings. The monoisotopic (exact) mass is 142 g/mol. The molecule has 0 aliphatic carbocycles. The summed E-state index contributed by atoms with van der Waals surface area (Å²) in [6.45, 7) is 3.13. The van der Waals surface area contributed by atoms with Gasteiger partial charge in [0.2, 0.25) is 0 Å². The summed E-state index contributed by atoms with van der Waals surface area (Å²) in [7, 11) is 2.04. The number of hydrogen-bond acceptors (Lipinski definition) is 3. The van der Waals surface area contributed by atoms with Gasteiger partial charge in [0.1, 0.15) is 13.6 Å². The van der Waals surface area contributed by atoms with E-state index in [9.17, 15) is 0 Å². The third kappa shape index (κ3) is 1.50. The summed E-state index contributed by atoms with van der Waals surface area (Å²) in [5, 5.41) is 3.08. The summed E-state index contributed by atoms with van der Waals surface area (Å²) >= 11 is 1.67. The topological polar surface area (TPSA) is 18.8 Å². The van der Waals surface area contributed by atoms with Gasteiger partial charge in [0, 0.05) is 11.6 Å². The molecule has 3 heteroatoms. The highest BCUT2D eigenvalue weighted by molar-refractivity contribution is 7.13. The van der Waals surface area contributed by atoms with E-state index < -0.39 is 0 Å². The van der Waals surface area contributed by atoms with Crippen molar-refractivity contribution < 1.29 is 0 Å². The van der Waals surface area contributed by atoms with Crippen LogP contribution in [0.25, 0.3) is 0 Å². The smallest absolute Gasteiger partial charge is 0.190 e. The molecule has 0 bridgehead atoms. The zero-order valence-electron chi connectivity index (χ0n) is 5.66. The van der Waals surface area contributed by atoms with E-state index in [-0.39, 0.29) is 0 Å². The quantitative estimate of drug-likeness (QED) is 0.573. The number of nitrogens with zero attached hydrogens (tertiary/aromatic N) is 2. The van der Waals surface area contributed by atoms with Gasteiger partial charge in [-0.15, -0.1) is 4.90 Å². The molecule has 0 spiro atoms. The first-order valence-electron chi connectivity index (χ1n) is 2.95. The maximum atomic E-state index is 4.13. The predicted octanol–water partition coefficient (Wildman–Crippen LogP) is 1.56. The van der Waals surface area contributed by atoms with Crippen LogP contribution in [0.4, 0.5) is 5.13 Å². The average Bonchev–Trinajstić information content (AvgIpc) is 2.37. The molecule has 0 aliphatic rings. The lowest BCUT2D eigenvalue weighted by molar-refractivity contribution is 0.657. The lowest BCUT2D eigenvalue weighted by Gasteiger charge is -1.94. The van der Waals surface area contributed by atoms with E-state index >= 15 is 0 Å². The van der Waals surface area contributed by atoms with Crippen LogP contribution in [0, 0.1) is 0 Å². The zero-order chi connectivity index (χ0) is 6.69. The minimum atomic E-state index is 1.02. The van der Waals surface area contributed by atoms with E-state index in [4.69, 9.17) is 0 Å². The summed E-state index contributed by atoms with van der Waals surface area (Å²) in [4.78, 5) is 6.25. The molecule has 49 valence electrons. The summed E-state index contributed by atoms with van der Waals surface area (Å²) < 4.78 is 0. The number of anilines is 1. The Morgan fingerprint density at radius 2 is 2.56 bits per heavy atom. The summed E-state index contributed by atoms with van der Waals surface area (Å²) in [6, 6.07) is 0. The Kier molecular flexibility index (Phi) is 2.19. The van der Waals surface area contributed by atoms with Crippen LogP contribution in [-0.4, -0.2) is 18.6 Å². The molecule has 2 nitrogen and oxygen atoms in total. The molecule has 0 unspecified atom stereocenters. The molecule has 0 saturated carbocycles. The second-order valence-corrected chi connectivity index (χ2v) is 2.70. The van der Waals surface area contributed by atoms with E-state index in [1.54, 1.807) is 11.3 Å². The molecule has 0 atom stereocenters. The second kappa shape index (κ2) is 2.94. The van der Waals surface area contributed by atoms with E-state index in [0.29, 0.717) is 0 Å². The van der Waals surface area contributed by atoms with E-state index in [1.165, 1.54) is 0 Å². The van der Waals surface area contributed by atoms with Crippen LogP contribution in [0.5, 0.6) is 0 Å². The van der Waals surface area contributed by atoms with Gasteiger partial charge in [-0.25, -0.2) is 0 Å². The zero-order valence-corrected chi connectivity index (χ0v) is 6.48. The molecule has 9 heavy (non-hydrogen) atoms. The normalized spacial score (nSPS) is 10.6. The van der Waals surface area contributed by atoms with Crippen molar-refractivity contribution in [2.75, 3.05) is 13.6 Å². The maximum Gasteiger partial charge on any atom is 0.334 e. The van der Waals surface area contributed by atoms with Gasteiger partial charge in [-0.3, -0.25) is 0 Å². The van der Waals surface area contributed by atoms with Gasteiger partial charge in [0.05, 0.1) is 0 Å². The van der Waals surface area contributed by atoms with Crippen LogP contribution in [0.1, 0.15) is 6.92 Å². The predicted molar refractivity (Wildman–Crippen MR) is 40.4 cm³/mol. The average molecular weight is 142 g/mol. The van der Waals surface area contributed by atoms with Gasteiger partial charge in [0.25, 0.3) is 0 Å². The molecule has 0 fully saturated rings. The highest BCUT2D eigenvalue weighted by Gasteiger charge is 2.10. The Labute approximate surface area is 59.1 Å². The Morgan fingerprint density at radius 1 is 1.78 bits per heavy atom. The van der Waals surface area contributed by atoms with Crippen molar-refractivity contribution in [1.29, 1.82) is 0 Å². The maximum absolute atomic E-state index is 4.13. The molecule has 0 aliphatic heterocycles. The molecule has 0 amide bonds. The van der Waals surface area contributed by atoms with Crippen LogP contribution in [0.2, 0.25) is 0 Å². The number of thiazole rings is 1. The Bertz CT molecular complexity index is 160. The van der Waals surface area contributed by atoms with Gasteiger partial charge in [0.15, 0.2) is 0 Å². The largest absolute Gasteiger partial charge is 0.334 e. The SMILES string of the molecule is CC[N+](C)c1nccs1. The Balaban J connectivity index is 2.65. The van der Waals surface area contributed by atoms with Crippen LogP contribution < -0.4 is 4.90 Å². The van der Waals surface area contributed by atoms with Crippen molar-refractivity contribution in [2.45, 2.75) is 6.92 Å². The van der Waals surface area contributed by atoms with Crippen molar-refractivity contribution in [3.63, 3.8) is 0 Å². The van der Waals surface area contributed by atoms with Crippen molar-refractivity contribution in [2.24, 2.45) is 0 Å². The van der Waals surface area contributed by atoms with Gasteiger partial charge < -0.3 is 0 Å². The Hall–Kier alpha value is -0.410. The summed E-state index contributed by atoms with van der Waals surface area (Å²) in [6.07, 6.45) is 1.83. The standard InChI is InChI=1S/C6H10N2S/c1-3-8(2)6-7-4-5-9-6/h4-5H,3H2,1-2H3/q+1. The lowest BCUT2D eigenvalue weighted by Crippen LogP contribution is -2.16. The molecular formula is C6H10N2S+.